The number of hydrogen-bond donors (Lipinski definition) is 2. The molecule has 1 unspecified atom stereocenters. The molecule has 0 saturated heterocycles. The highest BCUT2D eigenvalue weighted by Crippen LogP contribution is 2.40. The number of nitrogens with one attached hydrogen (secondary N) is 2. The van der Waals surface area contributed by atoms with E-state index < -0.39 is 0 Å². The molecule has 4 rings (SSSR count). The first kappa shape index (κ1) is 20.4. The lowest BCUT2D eigenvalue weighted by atomic mass is 9.72. The number of aromatic amines is 1. The number of aromatic nitrogens is 4. The highest BCUT2D eigenvalue weighted by molar-refractivity contribution is 7.71. The molecule has 3 heterocycles. The van der Waals surface area contributed by atoms with Gasteiger partial charge in [0.15, 0.2) is 9.90 Å². The van der Waals surface area contributed by atoms with E-state index in [9.17, 15) is 4.79 Å². The average molecular weight is 448 g/mol. The summed E-state index contributed by atoms with van der Waals surface area (Å²) in [5, 5.41) is 12.5. The molecule has 0 fully saturated rings. The van der Waals surface area contributed by atoms with Gasteiger partial charge in [-0.25, -0.2) is 4.98 Å². The Labute approximate surface area is 183 Å². The molecule has 0 aromatic carbocycles. The van der Waals surface area contributed by atoms with Crippen molar-refractivity contribution in [2.75, 3.05) is 5.32 Å². The highest BCUT2D eigenvalue weighted by Gasteiger charge is 2.30. The quantitative estimate of drug-likeness (QED) is 0.553. The number of rotatable bonds is 4. The van der Waals surface area contributed by atoms with Crippen LogP contribution in [0.15, 0.2) is 11.4 Å². The zero-order chi connectivity index (χ0) is 20.8. The van der Waals surface area contributed by atoms with Gasteiger partial charge in [-0.3, -0.25) is 15.2 Å². The van der Waals surface area contributed by atoms with E-state index in [1.54, 1.807) is 11.3 Å². The van der Waals surface area contributed by atoms with Gasteiger partial charge >= 0.3 is 0 Å². The van der Waals surface area contributed by atoms with E-state index in [2.05, 4.69) is 47.3 Å². The lowest BCUT2D eigenvalue weighted by Gasteiger charge is -2.33. The summed E-state index contributed by atoms with van der Waals surface area (Å²) in [5.74, 6) is 1.41. The van der Waals surface area contributed by atoms with Crippen LogP contribution in [0.1, 0.15) is 58.8 Å². The largest absolute Gasteiger partial charge is 0.307 e. The number of aryl methyl sites for hydroxylation is 1. The number of hydrogen-bond acceptors (Lipinski definition) is 6. The smallest absolute Gasteiger partial charge is 0.267 e. The van der Waals surface area contributed by atoms with Crippen molar-refractivity contribution in [3.63, 3.8) is 0 Å². The van der Waals surface area contributed by atoms with Crippen LogP contribution in [0.25, 0.3) is 0 Å². The van der Waals surface area contributed by atoms with E-state index in [4.69, 9.17) is 12.2 Å². The van der Waals surface area contributed by atoms with Gasteiger partial charge in [-0.15, -0.1) is 22.7 Å². The number of amides is 1. The van der Waals surface area contributed by atoms with Crippen molar-refractivity contribution in [2.24, 2.45) is 18.4 Å². The van der Waals surface area contributed by atoms with Crippen molar-refractivity contribution in [1.29, 1.82) is 0 Å². The molecular formula is C20H25N5OS3. The van der Waals surface area contributed by atoms with Crippen LogP contribution in [0, 0.1) is 16.1 Å². The molecular weight excluding hydrogens is 422 g/mol. The van der Waals surface area contributed by atoms with Crippen molar-refractivity contribution in [2.45, 2.75) is 46.5 Å². The number of thiazole rings is 1. The lowest BCUT2D eigenvalue weighted by molar-refractivity contribution is 0.103. The summed E-state index contributed by atoms with van der Waals surface area (Å²) in [7, 11) is 1.87. The van der Waals surface area contributed by atoms with E-state index in [0.29, 0.717) is 27.7 Å². The molecule has 6 nitrogen and oxygen atoms in total. The summed E-state index contributed by atoms with van der Waals surface area (Å²) in [4.78, 5) is 19.4. The molecule has 29 heavy (non-hydrogen) atoms. The summed E-state index contributed by atoms with van der Waals surface area (Å²) in [6, 6.07) is 2.08. The monoisotopic (exact) mass is 447 g/mol. The van der Waals surface area contributed by atoms with E-state index >= 15 is 0 Å². The van der Waals surface area contributed by atoms with Gasteiger partial charge in [0.2, 0.25) is 0 Å². The molecule has 1 aliphatic carbocycles. The second-order valence-electron chi connectivity index (χ2n) is 8.64. The van der Waals surface area contributed by atoms with Crippen LogP contribution in [0.5, 0.6) is 0 Å². The Bertz CT molecular complexity index is 1100. The van der Waals surface area contributed by atoms with Crippen LogP contribution >= 0.6 is 34.9 Å². The Hall–Kier alpha value is -1.84. The van der Waals surface area contributed by atoms with Crippen LogP contribution in [0.3, 0.4) is 0 Å². The van der Waals surface area contributed by atoms with Gasteiger partial charge < -0.3 is 4.57 Å². The number of anilines is 1. The molecule has 154 valence electrons. The third-order valence-electron chi connectivity index (χ3n) is 5.62. The summed E-state index contributed by atoms with van der Waals surface area (Å²) in [6.45, 7) is 6.92. The van der Waals surface area contributed by atoms with Gasteiger partial charge in [-0.1, -0.05) is 20.8 Å². The number of carbonyl (C=O) groups is 1. The second kappa shape index (κ2) is 7.77. The zero-order valence-electron chi connectivity index (χ0n) is 17.0. The summed E-state index contributed by atoms with van der Waals surface area (Å²) in [6.07, 6.45) is 3.90. The minimum absolute atomic E-state index is 0.0734. The maximum Gasteiger partial charge on any atom is 0.267 e. The van der Waals surface area contributed by atoms with Crippen LogP contribution in [-0.2, 0) is 26.3 Å². The molecule has 0 saturated carbocycles. The van der Waals surface area contributed by atoms with Gasteiger partial charge in [0.1, 0.15) is 5.82 Å². The van der Waals surface area contributed by atoms with Crippen LogP contribution in [0.4, 0.5) is 5.13 Å². The summed E-state index contributed by atoms with van der Waals surface area (Å²) >= 11 is 8.20. The molecule has 3 aromatic heterocycles. The Morgan fingerprint density at radius 3 is 2.93 bits per heavy atom. The van der Waals surface area contributed by atoms with Crippen molar-refractivity contribution >= 4 is 45.9 Å². The van der Waals surface area contributed by atoms with E-state index in [1.807, 2.05) is 17.0 Å². The Morgan fingerprint density at radius 1 is 1.45 bits per heavy atom. The molecule has 0 bridgehead atoms. The average Bonchev–Trinajstić information content (AvgIpc) is 3.36. The summed E-state index contributed by atoms with van der Waals surface area (Å²) < 4.78 is 2.41. The normalized spacial score (nSPS) is 16.6. The SMILES string of the molecule is Cn1c(Cc2csc(NC(=O)c3cc4c(s3)CCC(C(C)(C)C)C4)n2)n[nH]c1=S. The number of H-pyrrole nitrogens is 1. The maximum absolute atomic E-state index is 12.8. The third-order valence-corrected chi connectivity index (χ3v) is 8.02. The van der Waals surface area contributed by atoms with Crippen LogP contribution in [0.2, 0.25) is 0 Å². The van der Waals surface area contributed by atoms with Crippen molar-refractivity contribution in [3.05, 3.63) is 43.1 Å². The fourth-order valence-corrected chi connectivity index (χ4v) is 5.64. The van der Waals surface area contributed by atoms with Crippen LogP contribution in [-0.4, -0.2) is 25.7 Å². The summed E-state index contributed by atoms with van der Waals surface area (Å²) in [5.41, 5.74) is 2.51. The number of nitrogens with zero attached hydrogens (tertiary/aromatic N) is 3. The predicted octanol–water partition coefficient (Wildman–Crippen LogP) is 4.99. The van der Waals surface area contributed by atoms with Gasteiger partial charge in [0, 0.05) is 17.3 Å². The molecule has 1 amide bonds. The maximum atomic E-state index is 12.8. The minimum Gasteiger partial charge on any atom is -0.307 e. The predicted molar refractivity (Wildman–Crippen MR) is 121 cm³/mol. The van der Waals surface area contributed by atoms with E-state index in [1.165, 1.54) is 28.2 Å². The highest BCUT2D eigenvalue weighted by atomic mass is 32.1. The topological polar surface area (TPSA) is 75.6 Å². The Kier molecular flexibility index (Phi) is 5.48. The number of carbonyl (C=O) groups excluding carboxylic acids is 1. The minimum atomic E-state index is -0.0734. The van der Waals surface area contributed by atoms with Crippen molar-refractivity contribution in [1.82, 2.24) is 19.7 Å². The number of thiophene rings is 1. The fraction of sp³-hybridized carbons (Fsp3) is 0.500. The first-order valence-electron chi connectivity index (χ1n) is 9.68. The van der Waals surface area contributed by atoms with Gasteiger partial charge in [-0.2, -0.15) is 5.10 Å². The Morgan fingerprint density at radius 2 is 2.24 bits per heavy atom. The van der Waals surface area contributed by atoms with Gasteiger partial charge in [0.25, 0.3) is 5.91 Å². The lowest BCUT2D eigenvalue weighted by Crippen LogP contribution is -2.26. The molecule has 1 atom stereocenters. The molecule has 2 N–H and O–H groups in total. The fourth-order valence-electron chi connectivity index (χ4n) is 3.68. The second-order valence-corrected chi connectivity index (χ2v) is 11.0. The first-order chi connectivity index (χ1) is 13.7. The standard InChI is InChI=1S/C20H25N5OS3/c1-20(2,3)12-5-6-14-11(7-12)8-15(29-14)17(26)22-18-21-13(10-28-18)9-16-23-24-19(27)25(16)4/h8,10,12H,5-7,9H2,1-4H3,(H,24,27)(H,21,22,26). The van der Waals surface area contributed by atoms with E-state index in [-0.39, 0.29) is 5.91 Å². The first-order valence-corrected chi connectivity index (χ1v) is 11.8. The Balaban J connectivity index is 1.43. The van der Waals surface area contributed by atoms with Gasteiger partial charge in [0.05, 0.1) is 17.0 Å². The van der Waals surface area contributed by atoms with Gasteiger partial charge in [-0.05, 0) is 54.4 Å². The van der Waals surface area contributed by atoms with Crippen LogP contribution < -0.4 is 5.32 Å². The molecule has 0 radical (unpaired) electrons. The number of fused-ring (bicyclic) bond motifs is 1. The van der Waals surface area contributed by atoms with Crippen molar-refractivity contribution < 1.29 is 4.79 Å². The third kappa shape index (κ3) is 4.36. The van der Waals surface area contributed by atoms with E-state index in [0.717, 1.165) is 29.2 Å². The molecule has 9 heteroatoms. The molecule has 0 spiro atoms. The van der Waals surface area contributed by atoms with Crippen molar-refractivity contribution in [3.8, 4) is 0 Å². The molecule has 0 aliphatic heterocycles. The molecule has 3 aromatic rings. The zero-order valence-corrected chi connectivity index (χ0v) is 19.5. The molecule has 1 aliphatic rings.